The average Bonchev–Trinajstić information content (AvgIpc) is 2.91. The zero-order chi connectivity index (χ0) is 13.4. The Morgan fingerprint density at radius 1 is 1.32 bits per heavy atom. The molecular formula is C15H26N4. The molecule has 0 bridgehead atoms. The SMILES string of the molecule is CC(C)Cc1nc(C2CC3CCCCC3N2)n(C)n1. The van der Waals surface area contributed by atoms with E-state index < -0.39 is 0 Å². The van der Waals surface area contributed by atoms with E-state index >= 15 is 0 Å². The molecule has 4 heteroatoms. The Bertz CT molecular complexity index is 423. The van der Waals surface area contributed by atoms with Gasteiger partial charge in [-0.2, -0.15) is 5.10 Å². The van der Waals surface area contributed by atoms with Crippen LogP contribution in [0.4, 0.5) is 0 Å². The summed E-state index contributed by atoms with van der Waals surface area (Å²) in [6.45, 7) is 4.44. The first kappa shape index (κ1) is 13.1. The van der Waals surface area contributed by atoms with E-state index in [1.165, 1.54) is 32.1 Å². The first-order valence-electron chi connectivity index (χ1n) is 7.79. The number of hydrogen-bond donors (Lipinski definition) is 1. The van der Waals surface area contributed by atoms with Crippen LogP contribution in [0.25, 0.3) is 0 Å². The highest BCUT2D eigenvalue weighted by Gasteiger charge is 2.37. The molecule has 0 spiro atoms. The molecule has 3 rings (SSSR count). The highest BCUT2D eigenvalue weighted by molar-refractivity contribution is 5.05. The van der Waals surface area contributed by atoms with Crippen molar-refractivity contribution in [1.29, 1.82) is 0 Å². The number of aromatic nitrogens is 3. The molecule has 0 aromatic carbocycles. The largest absolute Gasteiger partial charge is 0.304 e. The molecule has 0 amide bonds. The lowest BCUT2D eigenvalue weighted by atomic mass is 9.85. The molecule has 19 heavy (non-hydrogen) atoms. The fourth-order valence-corrected chi connectivity index (χ4v) is 3.72. The second-order valence-corrected chi connectivity index (χ2v) is 6.71. The predicted octanol–water partition coefficient (Wildman–Crippen LogP) is 2.61. The van der Waals surface area contributed by atoms with E-state index in [1.54, 1.807) is 0 Å². The van der Waals surface area contributed by atoms with Crippen molar-refractivity contribution in [2.24, 2.45) is 18.9 Å². The average molecular weight is 262 g/mol. The molecule has 3 unspecified atom stereocenters. The quantitative estimate of drug-likeness (QED) is 0.910. The van der Waals surface area contributed by atoms with E-state index in [2.05, 4.69) is 24.3 Å². The second kappa shape index (κ2) is 5.23. The van der Waals surface area contributed by atoms with Crippen molar-refractivity contribution in [3.63, 3.8) is 0 Å². The third kappa shape index (κ3) is 2.69. The van der Waals surface area contributed by atoms with Crippen LogP contribution in [-0.2, 0) is 13.5 Å². The van der Waals surface area contributed by atoms with Gasteiger partial charge in [-0.15, -0.1) is 0 Å². The molecule has 1 aromatic rings. The summed E-state index contributed by atoms with van der Waals surface area (Å²) in [6.07, 6.45) is 7.76. The summed E-state index contributed by atoms with van der Waals surface area (Å²) in [5, 5.41) is 8.37. The van der Waals surface area contributed by atoms with Gasteiger partial charge in [0.15, 0.2) is 5.82 Å². The molecule has 2 fully saturated rings. The maximum absolute atomic E-state index is 4.78. The predicted molar refractivity (Wildman–Crippen MR) is 75.8 cm³/mol. The first-order valence-corrected chi connectivity index (χ1v) is 7.79. The summed E-state index contributed by atoms with van der Waals surface area (Å²) < 4.78 is 1.99. The number of rotatable bonds is 3. The third-order valence-electron chi connectivity index (χ3n) is 4.61. The monoisotopic (exact) mass is 262 g/mol. The van der Waals surface area contributed by atoms with Crippen LogP contribution in [-0.4, -0.2) is 20.8 Å². The van der Waals surface area contributed by atoms with Gasteiger partial charge in [-0.05, 0) is 31.1 Å². The number of aryl methyl sites for hydroxylation is 1. The standard InChI is InChI=1S/C15H26N4/c1-10(2)8-14-17-15(19(3)18-14)13-9-11-6-4-5-7-12(11)16-13/h10-13,16H,4-9H2,1-3H3. The van der Waals surface area contributed by atoms with Crippen LogP contribution < -0.4 is 5.32 Å². The first-order chi connectivity index (χ1) is 9.13. The van der Waals surface area contributed by atoms with E-state index in [-0.39, 0.29) is 0 Å². The Morgan fingerprint density at radius 2 is 2.11 bits per heavy atom. The van der Waals surface area contributed by atoms with Crippen LogP contribution in [0.3, 0.4) is 0 Å². The van der Waals surface area contributed by atoms with Crippen LogP contribution in [0.2, 0.25) is 0 Å². The molecule has 1 aliphatic heterocycles. The molecule has 1 saturated heterocycles. The molecule has 1 saturated carbocycles. The summed E-state index contributed by atoms with van der Waals surface area (Å²) in [5.41, 5.74) is 0. The minimum absolute atomic E-state index is 0.423. The summed E-state index contributed by atoms with van der Waals surface area (Å²) in [7, 11) is 2.04. The van der Waals surface area contributed by atoms with Crippen LogP contribution in [0.1, 0.15) is 63.6 Å². The van der Waals surface area contributed by atoms with Crippen molar-refractivity contribution in [2.45, 2.75) is 64.5 Å². The zero-order valence-electron chi connectivity index (χ0n) is 12.4. The number of hydrogen-bond acceptors (Lipinski definition) is 3. The molecule has 0 radical (unpaired) electrons. The van der Waals surface area contributed by atoms with Gasteiger partial charge >= 0.3 is 0 Å². The van der Waals surface area contributed by atoms with E-state index in [1.807, 2.05) is 11.7 Å². The summed E-state index contributed by atoms with van der Waals surface area (Å²) in [6, 6.07) is 1.15. The molecule has 2 heterocycles. The maximum Gasteiger partial charge on any atom is 0.151 e. The van der Waals surface area contributed by atoms with Crippen LogP contribution >= 0.6 is 0 Å². The normalized spacial score (nSPS) is 30.8. The smallest absolute Gasteiger partial charge is 0.151 e. The van der Waals surface area contributed by atoms with Crippen molar-refractivity contribution in [1.82, 2.24) is 20.1 Å². The van der Waals surface area contributed by atoms with Crippen LogP contribution in [0.5, 0.6) is 0 Å². The van der Waals surface area contributed by atoms with Crippen molar-refractivity contribution in [3.8, 4) is 0 Å². The second-order valence-electron chi connectivity index (χ2n) is 6.71. The Labute approximate surface area is 116 Å². The van der Waals surface area contributed by atoms with Crippen LogP contribution in [0.15, 0.2) is 0 Å². The van der Waals surface area contributed by atoms with E-state index in [4.69, 9.17) is 4.98 Å². The zero-order valence-corrected chi connectivity index (χ0v) is 12.4. The minimum atomic E-state index is 0.423. The molecule has 4 nitrogen and oxygen atoms in total. The lowest BCUT2D eigenvalue weighted by molar-refractivity contribution is 0.325. The third-order valence-corrected chi connectivity index (χ3v) is 4.61. The highest BCUT2D eigenvalue weighted by Crippen LogP contribution is 2.38. The fourth-order valence-electron chi connectivity index (χ4n) is 3.72. The number of fused-ring (bicyclic) bond motifs is 1. The molecule has 2 aliphatic rings. The van der Waals surface area contributed by atoms with Crippen molar-refractivity contribution < 1.29 is 0 Å². The summed E-state index contributed by atoms with van der Waals surface area (Å²) >= 11 is 0. The maximum atomic E-state index is 4.78. The van der Waals surface area contributed by atoms with Crippen LogP contribution in [0, 0.1) is 11.8 Å². The van der Waals surface area contributed by atoms with Gasteiger partial charge < -0.3 is 5.32 Å². The number of nitrogens with zero attached hydrogens (tertiary/aromatic N) is 3. The van der Waals surface area contributed by atoms with Gasteiger partial charge in [0.2, 0.25) is 0 Å². The minimum Gasteiger partial charge on any atom is -0.304 e. The van der Waals surface area contributed by atoms with E-state index in [0.29, 0.717) is 12.0 Å². The Hall–Kier alpha value is -0.900. The molecular weight excluding hydrogens is 236 g/mol. The summed E-state index contributed by atoms with van der Waals surface area (Å²) in [5.74, 6) is 3.63. The fraction of sp³-hybridized carbons (Fsp3) is 0.867. The molecule has 106 valence electrons. The molecule has 3 atom stereocenters. The van der Waals surface area contributed by atoms with E-state index in [0.717, 1.165) is 30.0 Å². The van der Waals surface area contributed by atoms with Gasteiger partial charge in [0.1, 0.15) is 5.82 Å². The lowest BCUT2D eigenvalue weighted by Gasteiger charge is -2.24. The summed E-state index contributed by atoms with van der Waals surface area (Å²) in [4.78, 5) is 4.78. The van der Waals surface area contributed by atoms with Gasteiger partial charge in [0, 0.05) is 19.5 Å². The Morgan fingerprint density at radius 3 is 2.84 bits per heavy atom. The van der Waals surface area contributed by atoms with Gasteiger partial charge in [-0.3, -0.25) is 4.68 Å². The van der Waals surface area contributed by atoms with Crippen molar-refractivity contribution >= 4 is 0 Å². The molecule has 1 N–H and O–H groups in total. The lowest BCUT2D eigenvalue weighted by Crippen LogP contribution is -2.31. The topological polar surface area (TPSA) is 42.7 Å². The Kier molecular flexibility index (Phi) is 3.61. The van der Waals surface area contributed by atoms with Crippen molar-refractivity contribution in [3.05, 3.63) is 11.6 Å². The van der Waals surface area contributed by atoms with Gasteiger partial charge in [0.05, 0.1) is 6.04 Å². The molecule has 1 aliphatic carbocycles. The van der Waals surface area contributed by atoms with Gasteiger partial charge in [-0.25, -0.2) is 4.98 Å². The number of nitrogens with one attached hydrogen (secondary N) is 1. The Balaban J connectivity index is 1.73. The van der Waals surface area contributed by atoms with Gasteiger partial charge in [-0.1, -0.05) is 26.7 Å². The molecule has 1 aromatic heterocycles. The van der Waals surface area contributed by atoms with E-state index in [9.17, 15) is 0 Å². The van der Waals surface area contributed by atoms with Gasteiger partial charge in [0.25, 0.3) is 0 Å². The highest BCUT2D eigenvalue weighted by atomic mass is 15.3. The van der Waals surface area contributed by atoms with Crippen molar-refractivity contribution in [2.75, 3.05) is 0 Å².